The molecule has 0 aromatic carbocycles. The van der Waals surface area contributed by atoms with E-state index in [9.17, 15) is 4.79 Å². The molecule has 1 fully saturated rings. The maximum absolute atomic E-state index is 11.4. The van der Waals surface area contributed by atoms with E-state index in [0.717, 1.165) is 6.54 Å². The van der Waals surface area contributed by atoms with Crippen molar-refractivity contribution in [2.24, 2.45) is 5.41 Å². The molecular weight excluding hydrogens is 188 g/mol. The molecule has 0 aliphatic heterocycles. The first-order chi connectivity index (χ1) is 7.08. The zero-order valence-electron chi connectivity index (χ0n) is 10.2. The Kier molecular flexibility index (Phi) is 4.58. The largest absolute Gasteiger partial charge is 0.353 e. The van der Waals surface area contributed by atoms with E-state index in [4.69, 9.17) is 0 Å². The molecule has 0 aromatic heterocycles. The number of rotatable bonds is 6. The average molecular weight is 212 g/mol. The van der Waals surface area contributed by atoms with Gasteiger partial charge in [-0.15, -0.1) is 0 Å². The zero-order chi connectivity index (χ0) is 11.3. The minimum absolute atomic E-state index is 0.107. The van der Waals surface area contributed by atoms with E-state index in [1.165, 1.54) is 25.7 Å². The first-order valence-corrected chi connectivity index (χ1v) is 6.08. The van der Waals surface area contributed by atoms with E-state index in [2.05, 4.69) is 17.6 Å². The molecule has 2 N–H and O–H groups in total. The molecule has 1 amide bonds. The molecule has 1 rings (SSSR count). The van der Waals surface area contributed by atoms with Gasteiger partial charge in [0.2, 0.25) is 5.91 Å². The van der Waals surface area contributed by atoms with Gasteiger partial charge in [0.05, 0.1) is 6.54 Å². The predicted molar refractivity (Wildman–Crippen MR) is 62.7 cm³/mol. The van der Waals surface area contributed by atoms with E-state index in [1.807, 2.05) is 13.8 Å². The SMILES string of the molecule is CCC1(CNCC(=O)NC(C)C)CCC1. The Hall–Kier alpha value is -0.570. The van der Waals surface area contributed by atoms with Gasteiger partial charge in [-0.3, -0.25) is 4.79 Å². The summed E-state index contributed by atoms with van der Waals surface area (Å²) in [6, 6.07) is 0.239. The summed E-state index contributed by atoms with van der Waals surface area (Å²) in [4.78, 5) is 11.4. The lowest BCUT2D eigenvalue weighted by molar-refractivity contribution is -0.120. The van der Waals surface area contributed by atoms with Crippen LogP contribution in [-0.2, 0) is 4.79 Å². The van der Waals surface area contributed by atoms with Gasteiger partial charge in [0, 0.05) is 12.6 Å². The van der Waals surface area contributed by atoms with Crippen LogP contribution in [0.25, 0.3) is 0 Å². The van der Waals surface area contributed by atoms with Crippen LogP contribution in [0.2, 0.25) is 0 Å². The zero-order valence-corrected chi connectivity index (χ0v) is 10.2. The highest BCUT2D eigenvalue weighted by atomic mass is 16.1. The molecule has 0 atom stereocenters. The third-order valence-electron chi connectivity index (χ3n) is 3.40. The molecule has 3 heteroatoms. The van der Waals surface area contributed by atoms with Crippen molar-refractivity contribution >= 4 is 5.91 Å². The van der Waals surface area contributed by atoms with Crippen LogP contribution in [0.15, 0.2) is 0 Å². The Morgan fingerprint density at radius 3 is 2.47 bits per heavy atom. The Labute approximate surface area is 93.0 Å². The fourth-order valence-electron chi connectivity index (χ4n) is 2.15. The summed E-state index contributed by atoms with van der Waals surface area (Å²) in [5.74, 6) is 0.107. The fourth-order valence-corrected chi connectivity index (χ4v) is 2.15. The smallest absolute Gasteiger partial charge is 0.234 e. The summed E-state index contributed by atoms with van der Waals surface area (Å²) in [6.07, 6.45) is 5.23. The second kappa shape index (κ2) is 5.50. The van der Waals surface area contributed by atoms with Crippen LogP contribution in [-0.4, -0.2) is 25.0 Å². The van der Waals surface area contributed by atoms with Crippen LogP contribution in [0.4, 0.5) is 0 Å². The third-order valence-corrected chi connectivity index (χ3v) is 3.40. The number of hydrogen-bond donors (Lipinski definition) is 2. The molecule has 0 unspecified atom stereocenters. The van der Waals surface area contributed by atoms with Crippen molar-refractivity contribution in [3.05, 3.63) is 0 Å². The fraction of sp³-hybridized carbons (Fsp3) is 0.917. The maximum Gasteiger partial charge on any atom is 0.234 e. The molecule has 0 saturated heterocycles. The quantitative estimate of drug-likeness (QED) is 0.703. The average Bonchev–Trinajstić information content (AvgIpc) is 2.08. The van der Waals surface area contributed by atoms with Crippen LogP contribution in [0.5, 0.6) is 0 Å². The molecule has 15 heavy (non-hydrogen) atoms. The molecule has 3 nitrogen and oxygen atoms in total. The van der Waals surface area contributed by atoms with Gasteiger partial charge in [-0.05, 0) is 38.5 Å². The molecule has 1 aliphatic rings. The van der Waals surface area contributed by atoms with Crippen molar-refractivity contribution in [3.63, 3.8) is 0 Å². The molecule has 88 valence electrons. The van der Waals surface area contributed by atoms with E-state index < -0.39 is 0 Å². The highest BCUT2D eigenvalue weighted by Crippen LogP contribution is 2.42. The molecule has 0 radical (unpaired) electrons. The Morgan fingerprint density at radius 1 is 1.40 bits per heavy atom. The first kappa shape index (κ1) is 12.5. The monoisotopic (exact) mass is 212 g/mol. The lowest BCUT2D eigenvalue weighted by atomic mass is 9.67. The predicted octanol–water partition coefficient (Wildman–Crippen LogP) is 1.68. The lowest BCUT2D eigenvalue weighted by Gasteiger charge is -2.41. The summed E-state index contributed by atoms with van der Waals surface area (Å²) in [5, 5.41) is 6.15. The molecule has 0 spiro atoms. The van der Waals surface area contributed by atoms with Crippen molar-refractivity contribution in [2.75, 3.05) is 13.1 Å². The number of amides is 1. The Balaban J connectivity index is 2.12. The van der Waals surface area contributed by atoms with E-state index in [-0.39, 0.29) is 11.9 Å². The highest BCUT2D eigenvalue weighted by Gasteiger charge is 2.34. The summed E-state index contributed by atoms with van der Waals surface area (Å²) in [5.41, 5.74) is 0.498. The topological polar surface area (TPSA) is 41.1 Å². The van der Waals surface area contributed by atoms with E-state index in [0.29, 0.717) is 12.0 Å². The molecule has 1 aliphatic carbocycles. The van der Waals surface area contributed by atoms with Crippen molar-refractivity contribution in [2.45, 2.75) is 52.5 Å². The van der Waals surface area contributed by atoms with Crippen LogP contribution in [0.3, 0.4) is 0 Å². The minimum Gasteiger partial charge on any atom is -0.353 e. The molecular formula is C12H24N2O. The van der Waals surface area contributed by atoms with Crippen molar-refractivity contribution < 1.29 is 4.79 Å². The van der Waals surface area contributed by atoms with Crippen LogP contribution in [0.1, 0.15) is 46.5 Å². The molecule has 0 bridgehead atoms. The standard InChI is InChI=1S/C12H24N2O/c1-4-12(6-5-7-12)9-13-8-11(15)14-10(2)3/h10,13H,4-9H2,1-3H3,(H,14,15). The summed E-state index contributed by atoms with van der Waals surface area (Å²) < 4.78 is 0. The second-order valence-corrected chi connectivity index (χ2v) is 5.03. The molecule has 0 heterocycles. The van der Waals surface area contributed by atoms with Gasteiger partial charge in [0.1, 0.15) is 0 Å². The maximum atomic E-state index is 11.4. The van der Waals surface area contributed by atoms with Crippen LogP contribution < -0.4 is 10.6 Å². The van der Waals surface area contributed by atoms with Crippen molar-refractivity contribution in [1.29, 1.82) is 0 Å². The Bertz CT molecular complexity index is 204. The Morgan fingerprint density at radius 2 is 2.07 bits per heavy atom. The van der Waals surface area contributed by atoms with Gasteiger partial charge in [0.15, 0.2) is 0 Å². The van der Waals surface area contributed by atoms with Crippen LogP contribution >= 0.6 is 0 Å². The summed E-state index contributed by atoms with van der Waals surface area (Å²) in [6.45, 7) is 7.67. The van der Waals surface area contributed by atoms with Crippen molar-refractivity contribution in [3.8, 4) is 0 Å². The normalized spacial score (nSPS) is 18.7. The molecule has 1 saturated carbocycles. The van der Waals surface area contributed by atoms with Gasteiger partial charge in [-0.25, -0.2) is 0 Å². The van der Waals surface area contributed by atoms with Gasteiger partial charge in [0.25, 0.3) is 0 Å². The number of carbonyl (C=O) groups is 1. The van der Waals surface area contributed by atoms with Crippen LogP contribution in [0, 0.1) is 5.41 Å². The van der Waals surface area contributed by atoms with E-state index in [1.54, 1.807) is 0 Å². The summed E-state index contributed by atoms with van der Waals surface area (Å²) >= 11 is 0. The van der Waals surface area contributed by atoms with Crippen molar-refractivity contribution in [1.82, 2.24) is 10.6 Å². The third kappa shape index (κ3) is 3.82. The van der Waals surface area contributed by atoms with E-state index >= 15 is 0 Å². The van der Waals surface area contributed by atoms with Gasteiger partial charge in [-0.1, -0.05) is 13.3 Å². The second-order valence-electron chi connectivity index (χ2n) is 5.03. The molecule has 0 aromatic rings. The van der Waals surface area contributed by atoms with Gasteiger partial charge >= 0.3 is 0 Å². The summed E-state index contributed by atoms with van der Waals surface area (Å²) in [7, 11) is 0. The number of hydrogen-bond acceptors (Lipinski definition) is 2. The minimum atomic E-state index is 0.107. The van der Waals surface area contributed by atoms with Gasteiger partial charge in [-0.2, -0.15) is 0 Å². The number of carbonyl (C=O) groups excluding carboxylic acids is 1. The lowest BCUT2D eigenvalue weighted by Crippen LogP contribution is -2.44. The first-order valence-electron chi connectivity index (χ1n) is 6.08. The number of nitrogens with one attached hydrogen (secondary N) is 2. The van der Waals surface area contributed by atoms with Gasteiger partial charge < -0.3 is 10.6 Å². The highest BCUT2D eigenvalue weighted by molar-refractivity contribution is 5.78.